The Morgan fingerprint density at radius 1 is 1.44 bits per heavy atom. The van der Waals surface area contributed by atoms with E-state index in [0.717, 1.165) is 29.9 Å². The first kappa shape index (κ1) is 14.0. The van der Waals surface area contributed by atoms with Crippen LogP contribution in [0.5, 0.6) is 0 Å². The van der Waals surface area contributed by atoms with Crippen LogP contribution in [0.15, 0.2) is 10.8 Å². The zero-order valence-corrected chi connectivity index (χ0v) is 13.1. The maximum Gasteiger partial charge on any atom is 0.148 e. The second-order valence-corrected chi connectivity index (χ2v) is 6.45. The van der Waals surface area contributed by atoms with Gasteiger partial charge in [0.15, 0.2) is 0 Å². The van der Waals surface area contributed by atoms with Gasteiger partial charge in [-0.3, -0.25) is 0 Å². The molecule has 0 unspecified atom stereocenters. The number of halogens is 2. The number of likely N-dealkylation sites (tertiary alicyclic amines) is 1. The van der Waals surface area contributed by atoms with Crippen LogP contribution in [0.4, 0.5) is 5.82 Å². The maximum atomic E-state index is 5.94. The molecule has 18 heavy (non-hydrogen) atoms. The number of anilines is 1. The Morgan fingerprint density at radius 3 is 2.78 bits per heavy atom. The summed E-state index contributed by atoms with van der Waals surface area (Å²) in [5, 5.41) is 3.82. The topological polar surface area (TPSA) is 41.0 Å². The van der Waals surface area contributed by atoms with Crippen molar-refractivity contribution >= 4 is 33.3 Å². The number of hydrogen-bond donors (Lipinski definition) is 1. The quantitative estimate of drug-likeness (QED) is 0.863. The van der Waals surface area contributed by atoms with E-state index in [9.17, 15) is 0 Å². The number of aromatic nitrogens is 2. The summed E-state index contributed by atoms with van der Waals surface area (Å²) in [7, 11) is 2.17. The van der Waals surface area contributed by atoms with Crippen molar-refractivity contribution < 1.29 is 0 Å². The maximum absolute atomic E-state index is 5.94. The highest BCUT2D eigenvalue weighted by Gasteiger charge is 2.28. The van der Waals surface area contributed by atoms with Gasteiger partial charge in [0.05, 0.1) is 4.47 Å². The van der Waals surface area contributed by atoms with E-state index in [1.165, 1.54) is 19.2 Å². The molecule has 0 aromatic carbocycles. The highest BCUT2D eigenvalue weighted by atomic mass is 79.9. The van der Waals surface area contributed by atoms with Crippen LogP contribution >= 0.6 is 27.5 Å². The van der Waals surface area contributed by atoms with E-state index in [2.05, 4.69) is 50.1 Å². The summed E-state index contributed by atoms with van der Waals surface area (Å²) in [6.45, 7) is 5.55. The fraction of sp³-hybridized carbons (Fsp3) is 0.667. The summed E-state index contributed by atoms with van der Waals surface area (Å²) < 4.78 is 0.739. The van der Waals surface area contributed by atoms with Gasteiger partial charge >= 0.3 is 0 Å². The second-order valence-electron chi connectivity index (χ2n) is 5.29. The van der Waals surface area contributed by atoms with Crippen molar-refractivity contribution in [3.8, 4) is 0 Å². The summed E-state index contributed by atoms with van der Waals surface area (Å²) in [5.41, 5.74) is 0.323. The minimum Gasteiger partial charge on any atom is -0.368 e. The Labute approximate surface area is 121 Å². The van der Waals surface area contributed by atoms with Gasteiger partial charge in [0, 0.05) is 6.54 Å². The number of nitrogens with one attached hydrogen (secondary N) is 1. The van der Waals surface area contributed by atoms with Gasteiger partial charge in [-0.05, 0) is 54.3 Å². The molecule has 0 bridgehead atoms. The Bertz CT molecular complexity index is 419. The molecule has 0 spiro atoms. The SMILES string of the molecule is CN1CCC(C)(CNc2ncnc(Cl)c2Br)CC1. The fourth-order valence-electron chi connectivity index (χ4n) is 2.10. The average molecular weight is 334 g/mol. The van der Waals surface area contributed by atoms with Gasteiger partial charge < -0.3 is 10.2 Å². The average Bonchev–Trinajstić information content (AvgIpc) is 2.35. The number of rotatable bonds is 3. The fourth-order valence-corrected chi connectivity index (χ4v) is 2.58. The summed E-state index contributed by atoms with van der Waals surface area (Å²) in [4.78, 5) is 10.5. The van der Waals surface area contributed by atoms with E-state index >= 15 is 0 Å². The van der Waals surface area contributed by atoms with Gasteiger partial charge in [0.25, 0.3) is 0 Å². The van der Waals surface area contributed by atoms with E-state index in [1.54, 1.807) is 0 Å². The summed E-state index contributed by atoms with van der Waals surface area (Å²) in [6, 6.07) is 0. The van der Waals surface area contributed by atoms with Gasteiger partial charge in [-0.15, -0.1) is 0 Å². The minimum absolute atomic E-state index is 0.323. The minimum atomic E-state index is 0.323. The van der Waals surface area contributed by atoms with Gasteiger partial charge in [0.2, 0.25) is 0 Å². The zero-order valence-electron chi connectivity index (χ0n) is 10.7. The highest BCUT2D eigenvalue weighted by Crippen LogP contribution is 2.32. The molecule has 100 valence electrons. The van der Waals surface area contributed by atoms with Gasteiger partial charge in [-0.25, -0.2) is 9.97 Å². The monoisotopic (exact) mass is 332 g/mol. The third-order valence-corrected chi connectivity index (χ3v) is 4.89. The molecule has 1 aliphatic heterocycles. The molecule has 2 rings (SSSR count). The summed E-state index contributed by atoms with van der Waals surface area (Å²) in [5.74, 6) is 0.773. The number of piperidine rings is 1. The zero-order chi connectivity index (χ0) is 13.2. The predicted molar refractivity (Wildman–Crippen MR) is 78.1 cm³/mol. The first-order chi connectivity index (χ1) is 8.50. The number of hydrogen-bond acceptors (Lipinski definition) is 4. The Hall–Kier alpha value is -0.390. The molecule has 1 saturated heterocycles. The van der Waals surface area contributed by atoms with Crippen molar-refractivity contribution in [3.05, 3.63) is 16.0 Å². The molecule has 1 fully saturated rings. The van der Waals surface area contributed by atoms with Crippen molar-refractivity contribution in [2.75, 3.05) is 32.0 Å². The molecule has 0 atom stereocenters. The smallest absolute Gasteiger partial charge is 0.148 e. The third-order valence-electron chi connectivity index (χ3n) is 3.62. The molecule has 1 aromatic rings. The van der Waals surface area contributed by atoms with Gasteiger partial charge in [-0.1, -0.05) is 18.5 Å². The van der Waals surface area contributed by atoms with Gasteiger partial charge in [0.1, 0.15) is 17.3 Å². The van der Waals surface area contributed by atoms with Crippen molar-refractivity contribution in [3.63, 3.8) is 0 Å². The van der Waals surface area contributed by atoms with Crippen molar-refractivity contribution in [2.45, 2.75) is 19.8 Å². The number of nitrogens with zero attached hydrogens (tertiary/aromatic N) is 3. The van der Waals surface area contributed by atoms with E-state index in [0.29, 0.717) is 10.6 Å². The molecule has 1 aromatic heterocycles. The lowest BCUT2D eigenvalue weighted by Crippen LogP contribution is -2.40. The molecule has 1 N–H and O–H groups in total. The lowest BCUT2D eigenvalue weighted by molar-refractivity contribution is 0.150. The lowest BCUT2D eigenvalue weighted by atomic mass is 9.80. The van der Waals surface area contributed by atoms with E-state index in [4.69, 9.17) is 11.6 Å². The lowest BCUT2D eigenvalue weighted by Gasteiger charge is -2.38. The molecule has 4 nitrogen and oxygen atoms in total. The summed E-state index contributed by atoms with van der Waals surface area (Å²) >= 11 is 9.35. The van der Waals surface area contributed by atoms with Crippen molar-refractivity contribution in [1.29, 1.82) is 0 Å². The van der Waals surface area contributed by atoms with Crippen LogP contribution in [0.1, 0.15) is 19.8 Å². The molecule has 2 heterocycles. The van der Waals surface area contributed by atoms with Crippen LogP contribution < -0.4 is 5.32 Å². The van der Waals surface area contributed by atoms with Crippen LogP contribution in [0.2, 0.25) is 5.15 Å². The van der Waals surface area contributed by atoms with Crippen molar-refractivity contribution in [1.82, 2.24) is 14.9 Å². The predicted octanol–water partition coefficient (Wildman–Crippen LogP) is 3.04. The first-order valence-electron chi connectivity index (χ1n) is 6.09. The first-order valence-corrected chi connectivity index (χ1v) is 7.26. The summed E-state index contributed by atoms with van der Waals surface area (Å²) in [6.07, 6.45) is 3.88. The molecular weight excluding hydrogens is 316 g/mol. The molecule has 1 aliphatic rings. The largest absolute Gasteiger partial charge is 0.368 e. The van der Waals surface area contributed by atoms with Crippen LogP contribution in [0.25, 0.3) is 0 Å². The van der Waals surface area contributed by atoms with Crippen molar-refractivity contribution in [2.24, 2.45) is 5.41 Å². The Kier molecular flexibility index (Phi) is 4.45. The van der Waals surface area contributed by atoms with E-state index in [-0.39, 0.29) is 0 Å². The Morgan fingerprint density at radius 2 is 2.11 bits per heavy atom. The standard InChI is InChI=1S/C12H18BrClN4/c1-12(3-5-18(2)6-4-12)7-15-11-9(13)10(14)16-8-17-11/h8H,3-7H2,1-2H3,(H,15,16,17). The molecule has 6 heteroatoms. The highest BCUT2D eigenvalue weighted by molar-refractivity contribution is 9.10. The van der Waals surface area contributed by atoms with Crippen LogP contribution in [0.3, 0.4) is 0 Å². The normalized spacial score (nSPS) is 19.8. The second kappa shape index (κ2) is 5.72. The van der Waals surface area contributed by atoms with E-state index in [1.807, 2.05) is 0 Å². The van der Waals surface area contributed by atoms with E-state index < -0.39 is 0 Å². The molecule has 0 aliphatic carbocycles. The Balaban J connectivity index is 1.97. The van der Waals surface area contributed by atoms with Gasteiger partial charge in [-0.2, -0.15) is 0 Å². The third kappa shape index (κ3) is 3.33. The van der Waals surface area contributed by atoms with Crippen LogP contribution in [-0.2, 0) is 0 Å². The van der Waals surface area contributed by atoms with Crippen LogP contribution in [0, 0.1) is 5.41 Å². The van der Waals surface area contributed by atoms with Crippen LogP contribution in [-0.4, -0.2) is 41.5 Å². The molecule has 0 saturated carbocycles. The molecule has 0 radical (unpaired) electrons. The molecular formula is C12H18BrClN4. The molecule has 0 amide bonds.